The van der Waals surface area contributed by atoms with E-state index in [1.54, 1.807) is 0 Å². The summed E-state index contributed by atoms with van der Waals surface area (Å²) in [6.45, 7) is 4.36. The topological polar surface area (TPSA) is 38.3 Å². The Labute approximate surface area is 109 Å². The lowest BCUT2D eigenvalue weighted by Crippen LogP contribution is -2.33. The predicted octanol–water partition coefficient (Wildman–Crippen LogP) is 2.79. The first-order valence-electron chi connectivity index (χ1n) is 6.47. The molecule has 0 radical (unpaired) electrons. The summed E-state index contributed by atoms with van der Waals surface area (Å²) in [6.07, 6.45) is 3.63. The maximum Gasteiger partial charge on any atom is 0.313 e. The van der Waals surface area contributed by atoms with Crippen molar-refractivity contribution < 1.29 is 9.53 Å². The lowest BCUT2D eigenvalue weighted by Gasteiger charge is -2.22. The number of hydrogen-bond donors (Lipinski definition) is 1. The van der Waals surface area contributed by atoms with Gasteiger partial charge in [0.2, 0.25) is 0 Å². The SMILES string of the molecule is COC(=O)C(C)(C)CNc1ccc2c(c1)CCC2. The number of aryl methyl sites for hydroxylation is 2. The summed E-state index contributed by atoms with van der Waals surface area (Å²) in [5.74, 6) is -0.184. The molecule has 0 aromatic heterocycles. The van der Waals surface area contributed by atoms with Crippen molar-refractivity contribution >= 4 is 11.7 Å². The third kappa shape index (κ3) is 2.66. The second-order valence-electron chi connectivity index (χ2n) is 5.57. The van der Waals surface area contributed by atoms with Crippen molar-refractivity contribution in [3.63, 3.8) is 0 Å². The second kappa shape index (κ2) is 5.01. The zero-order valence-electron chi connectivity index (χ0n) is 11.4. The lowest BCUT2D eigenvalue weighted by atomic mass is 9.93. The van der Waals surface area contributed by atoms with Gasteiger partial charge in [0.15, 0.2) is 0 Å². The number of ether oxygens (including phenoxy) is 1. The fraction of sp³-hybridized carbons (Fsp3) is 0.533. The first kappa shape index (κ1) is 12.9. The van der Waals surface area contributed by atoms with Crippen molar-refractivity contribution in [2.75, 3.05) is 19.0 Å². The van der Waals surface area contributed by atoms with E-state index in [9.17, 15) is 4.79 Å². The van der Waals surface area contributed by atoms with Gasteiger partial charge >= 0.3 is 5.97 Å². The molecule has 0 saturated heterocycles. The molecule has 3 nitrogen and oxygen atoms in total. The van der Waals surface area contributed by atoms with Crippen molar-refractivity contribution in [3.05, 3.63) is 29.3 Å². The molecule has 0 spiro atoms. The minimum Gasteiger partial charge on any atom is -0.469 e. The highest BCUT2D eigenvalue weighted by atomic mass is 16.5. The van der Waals surface area contributed by atoms with E-state index < -0.39 is 5.41 Å². The summed E-state index contributed by atoms with van der Waals surface area (Å²) in [5, 5.41) is 3.33. The van der Waals surface area contributed by atoms with Crippen LogP contribution in [0.5, 0.6) is 0 Å². The Bertz CT molecular complexity index is 452. The number of carbonyl (C=O) groups is 1. The average Bonchev–Trinajstić information content (AvgIpc) is 2.82. The summed E-state index contributed by atoms with van der Waals surface area (Å²) >= 11 is 0. The number of esters is 1. The fourth-order valence-corrected chi connectivity index (χ4v) is 2.35. The van der Waals surface area contributed by atoms with Gasteiger partial charge in [0.25, 0.3) is 0 Å². The zero-order chi connectivity index (χ0) is 13.2. The molecule has 18 heavy (non-hydrogen) atoms. The Morgan fingerprint density at radius 2 is 2.06 bits per heavy atom. The van der Waals surface area contributed by atoms with E-state index in [0.717, 1.165) is 5.69 Å². The number of nitrogens with one attached hydrogen (secondary N) is 1. The Morgan fingerprint density at radius 1 is 1.33 bits per heavy atom. The normalized spacial score (nSPS) is 14.2. The monoisotopic (exact) mass is 247 g/mol. The van der Waals surface area contributed by atoms with Gasteiger partial charge in [-0.3, -0.25) is 4.79 Å². The van der Waals surface area contributed by atoms with E-state index in [4.69, 9.17) is 4.74 Å². The van der Waals surface area contributed by atoms with Crippen LogP contribution in [0.4, 0.5) is 5.69 Å². The summed E-state index contributed by atoms with van der Waals surface area (Å²) in [6, 6.07) is 6.49. The first-order chi connectivity index (χ1) is 8.53. The van der Waals surface area contributed by atoms with Crippen LogP contribution in [0.15, 0.2) is 18.2 Å². The number of rotatable bonds is 4. The number of anilines is 1. The minimum absolute atomic E-state index is 0.184. The maximum absolute atomic E-state index is 11.6. The molecule has 3 heteroatoms. The molecular weight excluding hydrogens is 226 g/mol. The van der Waals surface area contributed by atoms with Gasteiger partial charge in [-0.15, -0.1) is 0 Å². The molecule has 0 amide bonds. The van der Waals surface area contributed by atoms with E-state index in [1.807, 2.05) is 13.8 Å². The zero-order valence-corrected chi connectivity index (χ0v) is 11.4. The van der Waals surface area contributed by atoms with Crippen molar-refractivity contribution in [2.24, 2.45) is 5.41 Å². The Morgan fingerprint density at radius 3 is 2.78 bits per heavy atom. The molecule has 0 fully saturated rings. The molecule has 0 atom stereocenters. The molecule has 1 aliphatic carbocycles. The molecule has 0 bridgehead atoms. The first-order valence-corrected chi connectivity index (χ1v) is 6.47. The molecule has 0 saturated carbocycles. The van der Waals surface area contributed by atoms with Crippen LogP contribution in [0.2, 0.25) is 0 Å². The molecule has 1 N–H and O–H groups in total. The van der Waals surface area contributed by atoms with Crippen LogP contribution >= 0.6 is 0 Å². The number of hydrogen-bond acceptors (Lipinski definition) is 3. The number of benzene rings is 1. The Hall–Kier alpha value is -1.51. The highest BCUT2D eigenvalue weighted by Crippen LogP contribution is 2.26. The molecule has 2 rings (SSSR count). The number of carbonyl (C=O) groups excluding carboxylic acids is 1. The molecule has 0 unspecified atom stereocenters. The van der Waals surface area contributed by atoms with Crippen LogP contribution in [0.3, 0.4) is 0 Å². The average molecular weight is 247 g/mol. The van der Waals surface area contributed by atoms with Crippen LogP contribution in [0, 0.1) is 5.41 Å². The Balaban J connectivity index is 2.00. The Kier molecular flexibility index (Phi) is 3.60. The second-order valence-corrected chi connectivity index (χ2v) is 5.57. The van der Waals surface area contributed by atoms with E-state index >= 15 is 0 Å². The molecule has 0 aliphatic heterocycles. The third-order valence-corrected chi connectivity index (χ3v) is 3.57. The van der Waals surface area contributed by atoms with Crippen LogP contribution in [-0.4, -0.2) is 19.6 Å². The lowest BCUT2D eigenvalue weighted by molar-refractivity contribution is -0.149. The van der Waals surface area contributed by atoms with Gasteiger partial charge in [0.1, 0.15) is 0 Å². The van der Waals surface area contributed by atoms with Gasteiger partial charge in [-0.05, 0) is 56.4 Å². The van der Waals surface area contributed by atoms with E-state index in [1.165, 1.54) is 37.5 Å². The van der Waals surface area contributed by atoms with Crippen LogP contribution in [0.25, 0.3) is 0 Å². The van der Waals surface area contributed by atoms with E-state index in [2.05, 4.69) is 23.5 Å². The molecule has 98 valence electrons. The molecule has 0 heterocycles. The molecule has 1 aromatic rings. The van der Waals surface area contributed by atoms with Gasteiger partial charge in [-0.1, -0.05) is 6.07 Å². The number of fused-ring (bicyclic) bond motifs is 1. The highest BCUT2D eigenvalue weighted by Gasteiger charge is 2.28. The summed E-state index contributed by atoms with van der Waals surface area (Å²) in [4.78, 5) is 11.6. The largest absolute Gasteiger partial charge is 0.469 e. The molecule has 1 aliphatic rings. The maximum atomic E-state index is 11.6. The van der Waals surface area contributed by atoms with Gasteiger partial charge in [0, 0.05) is 12.2 Å². The predicted molar refractivity (Wildman–Crippen MR) is 72.8 cm³/mol. The summed E-state index contributed by atoms with van der Waals surface area (Å²) in [7, 11) is 1.43. The quantitative estimate of drug-likeness (QED) is 0.831. The van der Waals surface area contributed by atoms with Crippen LogP contribution in [-0.2, 0) is 22.4 Å². The van der Waals surface area contributed by atoms with Crippen molar-refractivity contribution in [1.29, 1.82) is 0 Å². The minimum atomic E-state index is -0.506. The van der Waals surface area contributed by atoms with Gasteiger partial charge in [0.05, 0.1) is 12.5 Å². The van der Waals surface area contributed by atoms with Crippen molar-refractivity contribution in [2.45, 2.75) is 33.1 Å². The fourth-order valence-electron chi connectivity index (χ4n) is 2.35. The number of methoxy groups -OCH3 is 1. The summed E-state index contributed by atoms with van der Waals surface area (Å²) in [5.41, 5.74) is 3.49. The summed E-state index contributed by atoms with van der Waals surface area (Å²) < 4.78 is 4.80. The van der Waals surface area contributed by atoms with Crippen LogP contribution in [0.1, 0.15) is 31.4 Å². The van der Waals surface area contributed by atoms with Crippen LogP contribution < -0.4 is 5.32 Å². The van der Waals surface area contributed by atoms with Crippen molar-refractivity contribution in [3.8, 4) is 0 Å². The third-order valence-electron chi connectivity index (χ3n) is 3.57. The van der Waals surface area contributed by atoms with Gasteiger partial charge in [-0.2, -0.15) is 0 Å². The molecular formula is C15H21NO2. The standard InChI is InChI=1S/C15H21NO2/c1-15(2,14(17)18-3)10-16-13-8-7-11-5-4-6-12(11)9-13/h7-9,16H,4-6,10H2,1-3H3. The van der Waals surface area contributed by atoms with Gasteiger partial charge in [-0.25, -0.2) is 0 Å². The van der Waals surface area contributed by atoms with Gasteiger partial charge < -0.3 is 10.1 Å². The smallest absolute Gasteiger partial charge is 0.313 e. The molecule has 1 aromatic carbocycles. The van der Waals surface area contributed by atoms with Crippen molar-refractivity contribution in [1.82, 2.24) is 0 Å². The van der Waals surface area contributed by atoms with E-state index in [-0.39, 0.29) is 5.97 Å². The highest BCUT2D eigenvalue weighted by molar-refractivity contribution is 5.76. The van der Waals surface area contributed by atoms with E-state index in [0.29, 0.717) is 6.54 Å².